The average Bonchev–Trinajstić information content (AvgIpc) is 2.80. The molecule has 0 radical (unpaired) electrons. The lowest BCUT2D eigenvalue weighted by Gasteiger charge is -2.29. The molecule has 3 aliphatic rings. The fourth-order valence-corrected chi connectivity index (χ4v) is 3.74. The molecular weight excluding hydrogens is 244 g/mol. The Morgan fingerprint density at radius 1 is 1.26 bits per heavy atom. The first-order chi connectivity index (χ1) is 8.98. The van der Waals surface area contributed by atoms with Crippen molar-refractivity contribution in [3.8, 4) is 0 Å². The van der Waals surface area contributed by atoms with E-state index in [1.807, 2.05) is 0 Å². The molecule has 106 valence electrons. The largest absolute Gasteiger partial charge is 0.481 e. The van der Waals surface area contributed by atoms with Crippen molar-refractivity contribution in [1.82, 2.24) is 10.6 Å². The summed E-state index contributed by atoms with van der Waals surface area (Å²) in [6.07, 6.45) is 5.34. The van der Waals surface area contributed by atoms with E-state index in [-0.39, 0.29) is 29.3 Å². The van der Waals surface area contributed by atoms with Crippen molar-refractivity contribution < 1.29 is 14.7 Å². The monoisotopic (exact) mass is 266 g/mol. The van der Waals surface area contributed by atoms with Gasteiger partial charge in [0.1, 0.15) is 0 Å². The van der Waals surface area contributed by atoms with Crippen molar-refractivity contribution in [3.05, 3.63) is 0 Å². The SMILES string of the molecule is CC1(CNC(=O)NC2C3CCC(C3)C2C(=O)O)CC1. The van der Waals surface area contributed by atoms with Crippen LogP contribution in [-0.4, -0.2) is 29.7 Å². The second-order valence-corrected chi connectivity index (χ2v) is 6.86. The maximum Gasteiger partial charge on any atom is 0.315 e. The second kappa shape index (κ2) is 4.39. The molecule has 3 saturated carbocycles. The third-order valence-electron chi connectivity index (χ3n) is 5.28. The van der Waals surface area contributed by atoms with E-state index in [9.17, 15) is 14.7 Å². The first-order valence-electron chi connectivity index (χ1n) is 7.26. The fourth-order valence-electron chi connectivity index (χ4n) is 3.74. The molecule has 3 rings (SSSR count). The van der Waals surface area contributed by atoms with Crippen LogP contribution in [0.1, 0.15) is 39.0 Å². The van der Waals surface area contributed by atoms with Crippen molar-refractivity contribution >= 4 is 12.0 Å². The molecule has 0 spiro atoms. The molecule has 0 aromatic rings. The molecule has 19 heavy (non-hydrogen) atoms. The van der Waals surface area contributed by atoms with Gasteiger partial charge in [0.05, 0.1) is 5.92 Å². The lowest BCUT2D eigenvalue weighted by Crippen LogP contribution is -2.50. The Hall–Kier alpha value is -1.26. The Labute approximate surface area is 113 Å². The zero-order valence-electron chi connectivity index (χ0n) is 11.3. The van der Waals surface area contributed by atoms with Crippen LogP contribution in [0.25, 0.3) is 0 Å². The Morgan fingerprint density at radius 3 is 2.58 bits per heavy atom. The lowest BCUT2D eigenvalue weighted by molar-refractivity contribution is -0.144. The molecule has 0 heterocycles. The minimum atomic E-state index is -0.758. The summed E-state index contributed by atoms with van der Waals surface area (Å²) < 4.78 is 0. The van der Waals surface area contributed by atoms with E-state index < -0.39 is 5.97 Å². The van der Waals surface area contributed by atoms with Gasteiger partial charge in [-0.15, -0.1) is 0 Å². The number of aliphatic carboxylic acids is 1. The molecule has 0 aliphatic heterocycles. The second-order valence-electron chi connectivity index (χ2n) is 6.86. The van der Waals surface area contributed by atoms with Crippen LogP contribution < -0.4 is 10.6 Å². The number of amides is 2. The van der Waals surface area contributed by atoms with Crippen LogP contribution in [0, 0.1) is 23.2 Å². The van der Waals surface area contributed by atoms with E-state index in [1.54, 1.807) is 0 Å². The van der Waals surface area contributed by atoms with E-state index in [0.29, 0.717) is 12.5 Å². The highest BCUT2D eigenvalue weighted by Crippen LogP contribution is 2.48. The Balaban J connectivity index is 1.55. The van der Waals surface area contributed by atoms with E-state index in [0.717, 1.165) is 19.3 Å². The predicted molar refractivity (Wildman–Crippen MR) is 69.6 cm³/mol. The normalized spacial score (nSPS) is 37.9. The van der Waals surface area contributed by atoms with E-state index >= 15 is 0 Å². The summed E-state index contributed by atoms with van der Waals surface area (Å²) in [6.45, 7) is 2.85. The van der Waals surface area contributed by atoms with Crippen LogP contribution in [0.5, 0.6) is 0 Å². The summed E-state index contributed by atoms with van der Waals surface area (Å²) in [5, 5.41) is 15.1. The maximum absolute atomic E-state index is 11.9. The highest BCUT2D eigenvalue weighted by atomic mass is 16.4. The molecule has 0 aromatic carbocycles. The first kappa shape index (κ1) is 12.8. The van der Waals surface area contributed by atoms with Gasteiger partial charge in [0.2, 0.25) is 0 Å². The van der Waals surface area contributed by atoms with Crippen molar-refractivity contribution in [3.63, 3.8) is 0 Å². The Bertz CT molecular complexity index is 405. The summed E-state index contributed by atoms with van der Waals surface area (Å²) in [7, 11) is 0. The number of carbonyl (C=O) groups is 2. The molecule has 2 amide bonds. The van der Waals surface area contributed by atoms with Gasteiger partial charge in [-0.25, -0.2) is 4.79 Å². The van der Waals surface area contributed by atoms with Crippen molar-refractivity contribution in [2.24, 2.45) is 23.2 Å². The molecule has 3 fully saturated rings. The van der Waals surface area contributed by atoms with Crippen LogP contribution in [0.2, 0.25) is 0 Å². The number of urea groups is 1. The third kappa shape index (κ3) is 2.42. The number of hydrogen-bond donors (Lipinski definition) is 3. The zero-order valence-corrected chi connectivity index (χ0v) is 11.3. The van der Waals surface area contributed by atoms with Gasteiger partial charge < -0.3 is 15.7 Å². The minimum absolute atomic E-state index is 0.178. The summed E-state index contributed by atoms with van der Waals surface area (Å²) in [4.78, 5) is 23.2. The van der Waals surface area contributed by atoms with E-state index in [4.69, 9.17) is 0 Å². The number of carbonyl (C=O) groups excluding carboxylic acids is 1. The molecule has 3 aliphatic carbocycles. The third-order valence-corrected chi connectivity index (χ3v) is 5.28. The molecule has 5 nitrogen and oxygen atoms in total. The molecule has 4 unspecified atom stereocenters. The van der Waals surface area contributed by atoms with Crippen molar-refractivity contribution in [1.29, 1.82) is 0 Å². The number of rotatable bonds is 4. The fraction of sp³-hybridized carbons (Fsp3) is 0.857. The number of carboxylic acid groups (broad SMARTS) is 1. The highest BCUT2D eigenvalue weighted by Gasteiger charge is 2.51. The standard InChI is InChI=1S/C14H22N2O3/c1-14(4-5-14)7-15-13(19)16-11-9-3-2-8(6-9)10(11)12(17)18/h8-11H,2-7H2,1H3,(H,17,18)(H2,15,16,19). The van der Waals surface area contributed by atoms with Gasteiger partial charge in [0.15, 0.2) is 0 Å². The predicted octanol–water partition coefficient (Wildman–Crippen LogP) is 1.58. The topological polar surface area (TPSA) is 78.4 Å². The molecule has 3 N–H and O–H groups in total. The average molecular weight is 266 g/mol. The zero-order chi connectivity index (χ0) is 13.6. The molecular formula is C14H22N2O3. The van der Waals surface area contributed by atoms with Gasteiger partial charge in [-0.3, -0.25) is 4.79 Å². The molecule has 2 bridgehead atoms. The van der Waals surface area contributed by atoms with Crippen LogP contribution in [0.4, 0.5) is 4.79 Å². The molecule has 0 saturated heterocycles. The van der Waals surface area contributed by atoms with Gasteiger partial charge in [-0.1, -0.05) is 6.92 Å². The Morgan fingerprint density at radius 2 is 1.95 bits per heavy atom. The smallest absolute Gasteiger partial charge is 0.315 e. The number of carboxylic acids is 1. The number of nitrogens with one attached hydrogen (secondary N) is 2. The molecule has 4 atom stereocenters. The quantitative estimate of drug-likeness (QED) is 0.723. The Kier molecular flexibility index (Phi) is 2.95. The summed E-state index contributed by atoms with van der Waals surface area (Å²) >= 11 is 0. The number of hydrogen-bond acceptors (Lipinski definition) is 2. The van der Waals surface area contributed by atoms with Gasteiger partial charge in [-0.2, -0.15) is 0 Å². The lowest BCUT2D eigenvalue weighted by atomic mass is 9.84. The summed E-state index contributed by atoms with van der Waals surface area (Å²) in [5.74, 6) is -0.533. The maximum atomic E-state index is 11.9. The first-order valence-corrected chi connectivity index (χ1v) is 7.26. The highest BCUT2D eigenvalue weighted by molar-refractivity contribution is 5.77. The summed E-state index contributed by atoms with van der Waals surface area (Å²) in [5.41, 5.74) is 0.276. The van der Waals surface area contributed by atoms with Crippen LogP contribution in [0.15, 0.2) is 0 Å². The van der Waals surface area contributed by atoms with Crippen molar-refractivity contribution in [2.45, 2.75) is 45.1 Å². The van der Waals surface area contributed by atoms with Gasteiger partial charge in [-0.05, 0) is 49.4 Å². The summed E-state index contributed by atoms with van der Waals surface area (Å²) in [6, 6.07) is -0.375. The molecule has 5 heteroatoms. The van der Waals surface area contributed by atoms with E-state index in [1.165, 1.54) is 12.8 Å². The number of fused-ring (bicyclic) bond motifs is 2. The molecule has 0 aromatic heterocycles. The van der Waals surface area contributed by atoms with Gasteiger partial charge in [0, 0.05) is 12.6 Å². The van der Waals surface area contributed by atoms with Gasteiger partial charge >= 0.3 is 12.0 Å². The van der Waals surface area contributed by atoms with Crippen molar-refractivity contribution in [2.75, 3.05) is 6.54 Å². The van der Waals surface area contributed by atoms with Crippen LogP contribution >= 0.6 is 0 Å². The van der Waals surface area contributed by atoms with E-state index in [2.05, 4.69) is 17.6 Å². The van der Waals surface area contributed by atoms with Gasteiger partial charge in [0.25, 0.3) is 0 Å². The minimum Gasteiger partial charge on any atom is -0.481 e. The van der Waals surface area contributed by atoms with Crippen LogP contribution in [0.3, 0.4) is 0 Å². The van der Waals surface area contributed by atoms with Crippen LogP contribution in [-0.2, 0) is 4.79 Å².